The summed E-state index contributed by atoms with van der Waals surface area (Å²) in [6.07, 6.45) is 5.80. The van der Waals surface area contributed by atoms with Crippen molar-refractivity contribution in [3.63, 3.8) is 0 Å². The third kappa shape index (κ3) is 2.66. The summed E-state index contributed by atoms with van der Waals surface area (Å²) in [5, 5.41) is 3.37. The maximum absolute atomic E-state index is 12.7. The lowest BCUT2D eigenvalue weighted by Crippen LogP contribution is -2.33. The lowest BCUT2D eigenvalue weighted by molar-refractivity contribution is 0.553. The molecular weight excluding hydrogens is 207 g/mol. The molecule has 0 bridgehead atoms. The van der Waals surface area contributed by atoms with E-state index in [1.54, 1.807) is 0 Å². The zero-order valence-electron chi connectivity index (χ0n) is 9.49. The van der Waals surface area contributed by atoms with E-state index < -0.39 is 0 Å². The van der Waals surface area contributed by atoms with Crippen LogP contribution < -0.4 is 10.2 Å². The van der Waals surface area contributed by atoms with Crippen molar-refractivity contribution in [1.82, 2.24) is 15.3 Å². The largest absolute Gasteiger partial charge is 0.341 e. The molecule has 16 heavy (non-hydrogen) atoms. The maximum Gasteiger partial charge on any atom is 0.225 e. The first-order chi connectivity index (χ1) is 7.77. The van der Waals surface area contributed by atoms with Gasteiger partial charge in [-0.05, 0) is 32.4 Å². The molecular formula is C11H17FN4. The summed E-state index contributed by atoms with van der Waals surface area (Å²) in [7, 11) is 1.98. The molecule has 0 saturated carbocycles. The minimum atomic E-state index is -0.389. The highest BCUT2D eigenvalue weighted by molar-refractivity contribution is 5.28. The van der Waals surface area contributed by atoms with Crippen LogP contribution in [0.25, 0.3) is 0 Å². The Kier molecular flexibility index (Phi) is 3.66. The van der Waals surface area contributed by atoms with E-state index >= 15 is 0 Å². The molecule has 5 heteroatoms. The van der Waals surface area contributed by atoms with Gasteiger partial charge in [0.15, 0.2) is 5.82 Å². The minimum absolute atomic E-state index is 0.389. The van der Waals surface area contributed by atoms with E-state index in [9.17, 15) is 4.39 Å². The number of nitrogens with zero attached hydrogens (tertiary/aromatic N) is 3. The molecule has 1 fully saturated rings. The quantitative estimate of drug-likeness (QED) is 0.819. The Bertz CT molecular complexity index is 319. The van der Waals surface area contributed by atoms with Crippen molar-refractivity contribution in [2.45, 2.75) is 25.3 Å². The van der Waals surface area contributed by atoms with Crippen molar-refractivity contribution in [2.75, 3.05) is 25.0 Å². The molecule has 0 aliphatic carbocycles. The average molecular weight is 224 g/mol. The van der Waals surface area contributed by atoms with Crippen molar-refractivity contribution < 1.29 is 4.39 Å². The second-order valence-electron chi connectivity index (χ2n) is 4.15. The van der Waals surface area contributed by atoms with Crippen LogP contribution in [0.3, 0.4) is 0 Å². The molecule has 1 atom stereocenters. The first-order valence-corrected chi connectivity index (χ1v) is 5.68. The van der Waals surface area contributed by atoms with Gasteiger partial charge in [0.1, 0.15) is 0 Å². The fourth-order valence-electron chi connectivity index (χ4n) is 2.04. The van der Waals surface area contributed by atoms with E-state index in [-0.39, 0.29) is 5.82 Å². The second kappa shape index (κ2) is 5.21. The Labute approximate surface area is 94.9 Å². The summed E-state index contributed by atoms with van der Waals surface area (Å²) in [6, 6.07) is 0.445. The van der Waals surface area contributed by atoms with E-state index in [1.807, 2.05) is 11.9 Å². The number of halogens is 1. The first kappa shape index (κ1) is 11.3. The molecule has 0 radical (unpaired) electrons. The van der Waals surface area contributed by atoms with Crippen LogP contribution >= 0.6 is 0 Å². The average Bonchev–Trinajstić information content (AvgIpc) is 2.57. The Morgan fingerprint density at radius 3 is 2.81 bits per heavy atom. The number of nitrogens with one attached hydrogen (secondary N) is 1. The molecule has 1 saturated heterocycles. The molecule has 1 unspecified atom stereocenters. The first-order valence-electron chi connectivity index (χ1n) is 5.68. The van der Waals surface area contributed by atoms with Gasteiger partial charge in [-0.2, -0.15) is 0 Å². The number of rotatable bonds is 2. The molecule has 0 aromatic carbocycles. The van der Waals surface area contributed by atoms with Gasteiger partial charge in [0.05, 0.1) is 12.4 Å². The lowest BCUT2D eigenvalue weighted by atomic mass is 10.1. The number of aromatic nitrogens is 2. The number of hydrogen-bond acceptors (Lipinski definition) is 4. The van der Waals surface area contributed by atoms with Crippen LogP contribution in [0.15, 0.2) is 12.4 Å². The topological polar surface area (TPSA) is 41.1 Å². The van der Waals surface area contributed by atoms with Gasteiger partial charge in [-0.15, -0.1) is 0 Å². The Morgan fingerprint density at radius 1 is 1.31 bits per heavy atom. The Morgan fingerprint density at radius 2 is 2.06 bits per heavy atom. The molecule has 1 N–H and O–H groups in total. The third-order valence-electron chi connectivity index (χ3n) is 3.02. The van der Waals surface area contributed by atoms with Crippen LogP contribution in [-0.4, -0.2) is 36.1 Å². The molecule has 2 rings (SSSR count). The van der Waals surface area contributed by atoms with Gasteiger partial charge in [0.2, 0.25) is 5.95 Å². The number of anilines is 1. The fourth-order valence-corrected chi connectivity index (χ4v) is 2.04. The van der Waals surface area contributed by atoms with Gasteiger partial charge in [-0.25, -0.2) is 14.4 Å². The summed E-state index contributed by atoms with van der Waals surface area (Å²) in [4.78, 5) is 10.1. The predicted octanol–water partition coefficient (Wildman–Crippen LogP) is 1.19. The molecule has 0 spiro atoms. The Balaban J connectivity index is 2.04. The molecule has 88 valence electrons. The summed E-state index contributed by atoms with van der Waals surface area (Å²) < 4.78 is 12.7. The van der Waals surface area contributed by atoms with Gasteiger partial charge in [0.25, 0.3) is 0 Å². The maximum atomic E-state index is 12.7. The van der Waals surface area contributed by atoms with Crippen molar-refractivity contribution in [2.24, 2.45) is 0 Å². The molecule has 1 aromatic rings. The van der Waals surface area contributed by atoms with Gasteiger partial charge >= 0.3 is 0 Å². The molecule has 2 heterocycles. The monoisotopic (exact) mass is 224 g/mol. The lowest BCUT2D eigenvalue weighted by Gasteiger charge is -2.26. The van der Waals surface area contributed by atoms with Crippen LogP contribution in [0.2, 0.25) is 0 Å². The highest BCUT2D eigenvalue weighted by Crippen LogP contribution is 2.16. The molecule has 1 aromatic heterocycles. The third-order valence-corrected chi connectivity index (χ3v) is 3.02. The van der Waals surface area contributed by atoms with E-state index in [0.29, 0.717) is 12.0 Å². The highest BCUT2D eigenvalue weighted by Gasteiger charge is 2.18. The zero-order chi connectivity index (χ0) is 11.4. The minimum Gasteiger partial charge on any atom is -0.341 e. The van der Waals surface area contributed by atoms with Crippen LogP contribution in [-0.2, 0) is 0 Å². The zero-order valence-corrected chi connectivity index (χ0v) is 9.49. The molecule has 4 nitrogen and oxygen atoms in total. The van der Waals surface area contributed by atoms with Gasteiger partial charge in [-0.1, -0.05) is 0 Å². The van der Waals surface area contributed by atoms with E-state index in [2.05, 4.69) is 15.3 Å². The normalized spacial score (nSPS) is 21.5. The molecule has 1 aliphatic rings. The van der Waals surface area contributed by atoms with E-state index in [4.69, 9.17) is 0 Å². The van der Waals surface area contributed by atoms with Crippen molar-refractivity contribution in [3.8, 4) is 0 Å². The molecule has 1 aliphatic heterocycles. The second-order valence-corrected chi connectivity index (χ2v) is 4.15. The smallest absolute Gasteiger partial charge is 0.225 e. The Hall–Kier alpha value is -1.23. The van der Waals surface area contributed by atoms with Crippen molar-refractivity contribution >= 4 is 5.95 Å². The standard InChI is InChI=1S/C11H17FN4/c1-16(10-3-2-5-13-6-4-10)11-14-7-9(12)8-15-11/h7-8,10,13H,2-6H2,1H3. The summed E-state index contributed by atoms with van der Waals surface area (Å²) in [5.41, 5.74) is 0. The van der Waals surface area contributed by atoms with E-state index in [1.165, 1.54) is 12.4 Å². The van der Waals surface area contributed by atoms with Crippen LogP contribution in [0.4, 0.5) is 10.3 Å². The van der Waals surface area contributed by atoms with Crippen LogP contribution in [0.1, 0.15) is 19.3 Å². The van der Waals surface area contributed by atoms with Gasteiger partial charge in [0, 0.05) is 13.1 Å². The van der Waals surface area contributed by atoms with Crippen LogP contribution in [0, 0.1) is 5.82 Å². The summed E-state index contributed by atoms with van der Waals surface area (Å²) >= 11 is 0. The predicted molar refractivity (Wildman–Crippen MR) is 60.9 cm³/mol. The summed E-state index contributed by atoms with van der Waals surface area (Å²) in [5.74, 6) is 0.216. The van der Waals surface area contributed by atoms with Gasteiger partial charge < -0.3 is 10.2 Å². The summed E-state index contributed by atoms with van der Waals surface area (Å²) in [6.45, 7) is 2.10. The van der Waals surface area contributed by atoms with Crippen molar-refractivity contribution in [1.29, 1.82) is 0 Å². The fraction of sp³-hybridized carbons (Fsp3) is 0.636. The van der Waals surface area contributed by atoms with Crippen LogP contribution in [0.5, 0.6) is 0 Å². The van der Waals surface area contributed by atoms with Crippen molar-refractivity contribution in [3.05, 3.63) is 18.2 Å². The number of hydrogen-bond donors (Lipinski definition) is 1. The SMILES string of the molecule is CN(c1ncc(F)cn1)C1CCCNCC1. The highest BCUT2D eigenvalue weighted by atomic mass is 19.1. The molecule has 0 amide bonds. The van der Waals surface area contributed by atoms with Gasteiger partial charge in [-0.3, -0.25) is 0 Å². The van der Waals surface area contributed by atoms with E-state index in [0.717, 1.165) is 32.4 Å².